The topological polar surface area (TPSA) is 26.3 Å². The predicted molar refractivity (Wildman–Crippen MR) is 63.4 cm³/mol. The summed E-state index contributed by atoms with van der Waals surface area (Å²) >= 11 is 0. The van der Waals surface area contributed by atoms with Gasteiger partial charge in [0.15, 0.2) is 0 Å². The third-order valence-corrected chi connectivity index (χ3v) is 3.25. The van der Waals surface area contributed by atoms with E-state index in [1.165, 1.54) is 25.7 Å². The van der Waals surface area contributed by atoms with Crippen molar-refractivity contribution in [2.45, 2.75) is 39.0 Å². The lowest BCUT2D eigenvalue weighted by atomic mass is 10.0. The minimum atomic E-state index is -0.0822. The van der Waals surface area contributed by atoms with Crippen LogP contribution in [0.1, 0.15) is 37.7 Å². The van der Waals surface area contributed by atoms with E-state index >= 15 is 0 Å². The molecule has 0 heterocycles. The van der Waals surface area contributed by atoms with Gasteiger partial charge in [-0.3, -0.25) is 4.79 Å². The fourth-order valence-corrected chi connectivity index (χ4v) is 2.29. The lowest BCUT2D eigenvalue weighted by molar-refractivity contribution is -0.135. The summed E-state index contributed by atoms with van der Waals surface area (Å²) in [5, 5.41) is 0. The maximum absolute atomic E-state index is 11.7. The normalized spacial score (nSPS) is 16.3. The van der Waals surface area contributed by atoms with Gasteiger partial charge in [-0.05, 0) is 37.3 Å². The molecule has 1 fully saturated rings. The van der Waals surface area contributed by atoms with E-state index in [4.69, 9.17) is 4.74 Å². The molecule has 0 aliphatic heterocycles. The Morgan fingerprint density at radius 1 is 1.31 bits per heavy atom. The first kappa shape index (κ1) is 11.2. The SMILES string of the molecule is Cc1ccccc1OC(=O)CC1CCCC1. The fourth-order valence-electron chi connectivity index (χ4n) is 2.29. The molecule has 16 heavy (non-hydrogen) atoms. The van der Waals surface area contributed by atoms with Gasteiger partial charge in [0.2, 0.25) is 0 Å². The number of esters is 1. The standard InChI is InChI=1S/C14H18O2/c1-11-6-2-5-9-13(11)16-14(15)10-12-7-3-4-8-12/h2,5-6,9,12H,3-4,7-8,10H2,1H3. The van der Waals surface area contributed by atoms with Crippen molar-refractivity contribution in [1.82, 2.24) is 0 Å². The highest BCUT2D eigenvalue weighted by Gasteiger charge is 2.19. The number of rotatable bonds is 3. The van der Waals surface area contributed by atoms with Crippen LogP contribution in [-0.2, 0) is 4.79 Å². The molecule has 1 aliphatic rings. The average Bonchev–Trinajstić information content (AvgIpc) is 2.74. The zero-order chi connectivity index (χ0) is 11.4. The van der Waals surface area contributed by atoms with Gasteiger partial charge in [0.1, 0.15) is 5.75 Å². The molecule has 0 N–H and O–H groups in total. The molecule has 0 amide bonds. The van der Waals surface area contributed by atoms with Crippen LogP contribution in [0.5, 0.6) is 5.75 Å². The first-order chi connectivity index (χ1) is 7.75. The summed E-state index contributed by atoms with van der Waals surface area (Å²) in [6.45, 7) is 1.96. The first-order valence-corrected chi connectivity index (χ1v) is 6.02. The Morgan fingerprint density at radius 3 is 2.69 bits per heavy atom. The van der Waals surface area contributed by atoms with E-state index in [1.54, 1.807) is 0 Å². The largest absolute Gasteiger partial charge is 0.426 e. The average molecular weight is 218 g/mol. The fraction of sp³-hybridized carbons (Fsp3) is 0.500. The Labute approximate surface area is 96.6 Å². The smallest absolute Gasteiger partial charge is 0.311 e. The Balaban J connectivity index is 1.89. The zero-order valence-electron chi connectivity index (χ0n) is 9.74. The number of benzene rings is 1. The van der Waals surface area contributed by atoms with E-state index in [1.807, 2.05) is 31.2 Å². The third-order valence-electron chi connectivity index (χ3n) is 3.25. The molecule has 1 aliphatic carbocycles. The Bertz CT molecular complexity index is 365. The zero-order valence-corrected chi connectivity index (χ0v) is 9.74. The Kier molecular flexibility index (Phi) is 3.60. The summed E-state index contributed by atoms with van der Waals surface area (Å²) in [4.78, 5) is 11.7. The van der Waals surface area contributed by atoms with Crippen molar-refractivity contribution in [2.75, 3.05) is 0 Å². The molecular weight excluding hydrogens is 200 g/mol. The van der Waals surface area contributed by atoms with Crippen LogP contribution >= 0.6 is 0 Å². The van der Waals surface area contributed by atoms with Crippen molar-refractivity contribution >= 4 is 5.97 Å². The van der Waals surface area contributed by atoms with Gasteiger partial charge in [-0.25, -0.2) is 0 Å². The number of aryl methyl sites for hydroxylation is 1. The number of ether oxygens (including phenoxy) is 1. The molecule has 0 radical (unpaired) electrons. The van der Waals surface area contributed by atoms with E-state index in [9.17, 15) is 4.79 Å². The molecular formula is C14H18O2. The van der Waals surface area contributed by atoms with Gasteiger partial charge < -0.3 is 4.74 Å². The minimum Gasteiger partial charge on any atom is -0.426 e. The first-order valence-electron chi connectivity index (χ1n) is 6.02. The molecule has 0 unspecified atom stereocenters. The van der Waals surface area contributed by atoms with Gasteiger partial charge in [-0.15, -0.1) is 0 Å². The van der Waals surface area contributed by atoms with E-state index in [0.29, 0.717) is 18.1 Å². The molecule has 2 rings (SSSR count). The predicted octanol–water partition coefficient (Wildman–Crippen LogP) is 3.48. The molecule has 1 saturated carbocycles. The monoisotopic (exact) mass is 218 g/mol. The maximum Gasteiger partial charge on any atom is 0.311 e. The Morgan fingerprint density at radius 2 is 2.00 bits per heavy atom. The van der Waals surface area contributed by atoms with E-state index in [2.05, 4.69) is 0 Å². The van der Waals surface area contributed by atoms with Crippen LogP contribution in [-0.4, -0.2) is 5.97 Å². The summed E-state index contributed by atoms with van der Waals surface area (Å²) in [5.74, 6) is 1.17. The number of hydrogen-bond donors (Lipinski definition) is 0. The molecule has 0 atom stereocenters. The summed E-state index contributed by atoms with van der Waals surface area (Å²) in [6.07, 6.45) is 5.48. The molecule has 0 aromatic heterocycles. The number of carbonyl (C=O) groups is 1. The van der Waals surface area contributed by atoms with Gasteiger partial charge in [-0.1, -0.05) is 31.0 Å². The molecule has 1 aromatic carbocycles. The van der Waals surface area contributed by atoms with Crippen LogP contribution in [0.15, 0.2) is 24.3 Å². The second-order valence-corrected chi connectivity index (χ2v) is 4.59. The lowest BCUT2D eigenvalue weighted by Gasteiger charge is -2.10. The number of carbonyl (C=O) groups excluding carboxylic acids is 1. The van der Waals surface area contributed by atoms with Crippen LogP contribution in [0, 0.1) is 12.8 Å². The highest BCUT2D eigenvalue weighted by molar-refractivity contribution is 5.73. The summed E-state index contributed by atoms with van der Waals surface area (Å²) in [6, 6.07) is 7.65. The van der Waals surface area contributed by atoms with Crippen LogP contribution < -0.4 is 4.74 Å². The van der Waals surface area contributed by atoms with Crippen molar-refractivity contribution in [3.8, 4) is 5.75 Å². The van der Waals surface area contributed by atoms with Gasteiger partial charge in [0.25, 0.3) is 0 Å². The van der Waals surface area contributed by atoms with Crippen LogP contribution in [0.4, 0.5) is 0 Å². The summed E-state index contributed by atoms with van der Waals surface area (Å²) in [5.41, 5.74) is 1.02. The van der Waals surface area contributed by atoms with Gasteiger partial charge in [-0.2, -0.15) is 0 Å². The number of hydrogen-bond acceptors (Lipinski definition) is 2. The van der Waals surface area contributed by atoms with Crippen molar-refractivity contribution in [3.05, 3.63) is 29.8 Å². The maximum atomic E-state index is 11.7. The van der Waals surface area contributed by atoms with Crippen LogP contribution in [0.3, 0.4) is 0 Å². The highest BCUT2D eigenvalue weighted by Crippen LogP contribution is 2.28. The molecule has 2 heteroatoms. The lowest BCUT2D eigenvalue weighted by Crippen LogP contribution is -2.12. The molecule has 0 bridgehead atoms. The van der Waals surface area contributed by atoms with Crippen LogP contribution in [0.25, 0.3) is 0 Å². The van der Waals surface area contributed by atoms with Crippen LogP contribution in [0.2, 0.25) is 0 Å². The molecule has 1 aromatic rings. The van der Waals surface area contributed by atoms with Crippen molar-refractivity contribution < 1.29 is 9.53 Å². The second-order valence-electron chi connectivity index (χ2n) is 4.59. The quantitative estimate of drug-likeness (QED) is 0.573. The Hall–Kier alpha value is -1.31. The summed E-state index contributed by atoms with van der Waals surface area (Å²) in [7, 11) is 0. The van der Waals surface area contributed by atoms with Crippen molar-refractivity contribution in [2.24, 2.45) is 5.92 Å². The summed E-state index contributed by atoms with van der Waals surface area (Å²) < 4.78 is 5.37. The number of para-hydroxylation sites is 1. The van der Waals surface area contributed by atoms with Crippen molar-refractivity contribution in [1.29, 1.82) is 0 Å². The second kappa shape index (κ2) is 5.15. The molecule has 0 spiro atoms. The molecule has 86 valence electrons. The third kappa shape index (κ3) is 2.84. The van der Waals surface area contributed by atoms with Gasteiger partial charge >= 0.3 is 5.97 Å². The van der Waals surface area contributed by atoms with E-state index in [-0.39, 0.29) is 5.97 Å². The van der Waals surface area contributed by atoms with Crippen molar-refractivity contribution in [3.63, 3.8) is 0 Å². The highest BCUT2D eigenvalue weighted by atomic mass is 16.5. The van der Waals surface area contributed by atoms with E-state index < -0.39 is 0 Å². The van der Waals surface area contributed by atoms with E-state index in [0.717, 1.165) is 5.56 Å². The van der Waals surface area contributed by atoms with Gasteiger partial charge in [0, 0.05) is 6.42 Å². The van der Waals surface area contributed by atoms with Gasteiger partial charge in [0.05, 0.1) is 0 Å². The molecule has 0 saturated heterocycles. The molecule has 2 nitrogen and oxygen atoms in total. The minimum absolute atomic E-state index is 0.0822.